The van der Waals surface area contributed by atoms with Gasteiger partial charge in [-0.3, -0.25) is 4.79 Å². The maximum Gasteiger partial charge on any atom is 0.166 e. The van der Waals surface area contributed by atoms with Gasteiger partial charge in [-0.25, -0.2) is 5.90 Å². The van der Waals surface area contributed by atoms with Crippen LogP contribution in [0.3, 0.4) is 0 Å². The quantitative estimate of drug-likeness (QED) is 0.146. The van der Waals surface area contributed by atoms with Crippen molar-refractivity contribution in [2.75, 3.05) is 5.73 Å². The van der Waals surface area contributed by atoms with Gasteiger partial charge in [-0.1, -0.05) is 11.2 Å². The second-order valence-corrected chi connectivity index (χ2v) is 7.37. The van der Waals surface area contributed by atoms with Gasteiger partial charge in [0.1, 0.15) is 17.1 Å². The molecule has 0 fully saturated rings. The number of carbonyl (C=O) groups is 1. The van der Waals surface area contributed by atoms with Crippen LogP contribution in [0.25, 0.3) is 11.0 Å². The second-order valence-electron chi connectivity index (χ2n) is 7.37. The van der Waals surface area contributed by atoms with Crippen LogP contribution in [-0.4, -0.2) is 21.9 Å². The molecule has 2 aliphatic carbocycles. The molecule has 10 heteroatoms. The molecule has 0 amide bonds. The lowest BCUT2D eigenvalue weighted by molar-refractivity contribution is 0.0969. The third kappa shape index (κ3) is 6.28. The van der Waals surface area contributed by atoms with Crippen molar-refractivity contribution in [1.29, 1.82) is 0 Å². The third-order valence-electron chi connectivity index (χ3n) is 5.38. The highest BCUT2D eigenvalue weighted by Gasteiger charge is 2.19. The standard InChI is InChI=1S/C8H9NO2.C8H7NO.C8H8O2.ClH.H3NO/c10-9-7-2-1-3-8-6(7)4-5-11-8;2*9-7-2-1-3-8-6(7)4-5-10-8;;1-2/h4-5,10H,1-3H2;1-5H,9H2;4-5H,1-3H2;1H;2H,1H2. The zero-order chi connectivity index (χ0) is 23.6. The number of nitrogen functional groups attached to an aromatic ring is 1. The number of anilines is 1. The van der Waals surface area contributed by atoms with E-state index < -0.39 is 0 Å². The highest BCUT2D eigenvalue weighted by atomic mass is 35.5. The lowest BCUT2D eigenvalue weighted by atomic mass is 9.97. The molecule has 3 aromatic heterocycles. The van der Waals surface area contributed by atoms with E-state index in [0.29, 0.717) is 6.42 Å². The largest absolute Gasteiger partial charge is 0.469 e. The summed E-state index contributed by atoms with van der Waals surface area (Å²) in [4.78, 5) is 11.1. The number of carbonyl (C=O) groups excluding carboxylic acids is 1. The fourth-order valence-corrected chi connectivity index (χ4v) is 3.79. The molecule has 0 bridgehead atoms. The minimum absolute atomic E-state index is 0. The predicted molar refractivity (Wildman–Crippen MR) is 130 cm³/mol. The Morgan fingerprint density at radius 2 is 1.41 bits per heavy atom. The number of nitrogens with two attached hydrogens (primary N) is 2. The molecule has 6 rings (SSSR count). The Morgan fingerprint density at radius 1 is 0.794 bits per heavy atom. The van der Waals surface area contributed by atoms with E-state index in [0.717, 1.165) is 77.1 Å². The molecular weight excluding hydrogens is 462 g/mol. The number of hydrogen-bond acceptors (Lipinski definition) is 9. The fourth-order valence-electron chi connectivity index (χ4n) is 3.79. The summed E-state index contributed by atoms with van der Waals surface area (Å²) >= 11 is 0. The highest BCUT2D eigenvalue weighted by Crippen LogP contribution is 2.23. The fraction of sp³-hybridized carbons (Fsp3) is 0.250. The first-order valence-corrected chi connectivity index (χ1v) is 10.5. The van der Waals surface area contributed by atoms with Crippen molar-refractivity contribution in [2.24, 2.45) is 11.1 Å². The van der Waals surface area contributed by atoms with Crippen molar-refractivity contribution in [1.82, 2.24) is 0 Å². The zero-order valence-electron chi connectivity index (χ0n) is 18.5. The highest BCUT2D eigenvalue weighted by molar-refractivity contribution is 6.01. The summed E-state index contributed by atoms with van der Waals surface area (Å²) in [6.07, 6.45) is 10.3. The molecule has 1 aromatic carbocycles. The Labute approximate surface area is 202 Å². The number of benzene rings is 1. The SMILES string of the molecule is Cl.NO.Nc1cccc2occc12.O=C1CCCc2occc21.ON=C1CCCc2occc21. The smallest absolute Gasteiger partial charge is 0.166 e. The number of oxime groups is 1. The molecule has 3 heterocycles. The van der Waals surface area contributed by atoms with Gasteiger partial charge in [0.2, 0.25) is 0 Å². The number of nitrogens with zero attached hydrogens (tertiary/aromatic N) is 1. The molecule has 0 atom stereocenters. The van der Waals surface area contributed by atoms with Crippen LogP contribution >= 0.6 is 12.4 Å². The molecule has 182 valence electrons. The molecule has 0 unspecified atom stereocenters. The second kappa shape index (κ2) is 13.2. The summed E-state index contributed by atoms with van der Waals surface area (Å²) < 4.78 is 15.4. The molecule has 0 radical (unpaired) electrons. The van der Waals surface area contributed by atoms with Crippen LogP contribution in [0.15, 0.2) is 73.6 Å². The summed E-state index contributed by atoms with van der Waals surface area (Å²) in [5.74, 6) is 5.55. The molecule has 0 aliphatic heterocycles. The van der Waals surface area contributed by atoms with Crippen molar-refractivity contribution in [3.05, 3.63) is 77.8 Å². The number of fused-ring (bicyclic) bond motifs is 3. The van der Waals surface area contributed by atoms with E-state index in [2.05, 4.69) is 11.1 Å². The molecule has 0 spiro atoms. The van der Waals surface area contributed by atoms with E-state index in [1.165, 1.54) is 0 Å². The minimum atomic E-state index is 0. The number of rotatable bonds is 0. The Morgan fingerprint density at radius 3 is 2.06 bits per heavy atom. The van der Waals surface area contributed by atoms with E-state index in [4.69, 9.17) is 29.4 Å². The number of furan rings is 3. The average Bonchev–Trinajstić information content (AvgIpc) is 3.62. The lowest BCUT2D eigenvalue weighted by Gasteiger charge is -2.09. The van der Waals surface area contributed by atoms with E-state index in [9.17, 15) is 4.79 Å². The molecule has 34 heavy (non-hydrogen) atoms. The maximum atomic E-state index is 11.1. The Balaban J connectivity index is 0.000000171. The van der Waals surface area contributed by atoms with Crippen molar-refractivity contribution in [3.8, 4) is 0 Å². The first kappa shape index (κ1) is 26.7. The van der Waals surface area contributed by atoms with Gasteiger partial charge in [-0.15, -0.1) is 12.4 Å². The number of ketones is 1. The first-order valence-electron chi connectivity index (χ1n) is 10.5. The van der Waals surface area contributed by atoms with Gasteiger partial charge < -0.3 is 29.4 Å². The van der Waals surface area contributed by atoms with E-state index in [1.54, 1.807) is 24.9 Å². The Hall–Kier alpha value is -3.53. The van der Waals surface area contributed by atoms with Gasteiger partial charge >= 0.3 is 0 Å². The topological polar surface area (TPSA) is 161 Å². The van der Waals surface area contributed by atoms with Crippen molar-refractivity contribution in [2.45, 2.75) is 38.5 Å². The van der Waals surface area contributed by atoms with E-state index >= 15 is 0 Å². The third-order valence-corrected chi connectivity index (χ3v) is 5.38. The molecule has 0 saturated carbocycles. The molecular formula is C24H28ClN3O6. The first-order chi connectivity index (χ1) is 16.2. The predicted octanol–water partition coefficient (Wildman–Crippen LogP) is 5.36. The molecule has 4 aromatic rings. The average molecular weight is 490 g/mol. The van der Waals surface area contributed by atoms with E-state index in [-0.39, 0.29) is 18.2 Å². The van der Waals surface area contributed by atoms with Gasteiger partial charge in [-0.05, 0) is 49.6 Å². The van der Waals surface area contributed by atoms with E-state index in [1.807, 2.05) is 30.3 Å². The van der Waals surface area contributed by atoms with Gasteiger partial charge in [0, 0.05) is 35.9 Å². The minimum Gasteiger partial charge on any atom is -0.469 e. The van der Waals surface area contributed by atoms with Gasteiger partial charge in [-0.2, -0.15) is 0 Å². The summed E-state index contributed by atoms with van der Waals surface area (Å²) in [6.45, 7) is 0. The summed E-state index contributed by atoms with van der Waals surface area (Å²) in [5.41, 5.74) is 9.78. The number of hydrogen-bond donors (Lipinski definition) is 4. The van der Waals surface area contributed by atoms with Gasteiger partial charge in [0.05, 0.1) is 30.1 Å². The van der Waals surface area contributed by atoms with Crippen LogP contribution in [0.2, 0.25) is 0 Å². The molecule has 9 nitrogen and oxygen atoms in total. The lowest BCUT2D eigenvalue weighted by Crippen LogP contribution is -2.09. The molecule has 6 N–H and O–H groups in total. The molecule has 2 aliphatic rings. The van der Waals surface area contributed by atoms with Crippen molar-refractivity contribution in [3.63, 3.8) is 0 Å². The van der Waals surface area contributed by atoms with Crippen LogP contribution in [0.4, 0.5) is 5.69 Å². The summed E-state index contributed by atoms with van der Waals surface area (Å²) in [5, 5.41) is 19.3. The monoisotopic (exact) mass is 489 g/mol. The number of halogens is 1. The van der Waals surface area contributed by atoms with Crippen LogP contribution in [0.1, 0.15) is 53.1 Å². The number of Topliss-reactive ketones (excluding diaryl/α,β-unsaturated/α-hetero) is 1. The van der Waals surface area contributed by atoms with Crippen molar-refractivity contribution < 1.29 is 28.5 Å². The summed E-state index contributed by atoms with van der Waals surface area (Å²) in [6, 6.07) is 11.1. The summed E-state index contributed by atoms with van der Waals surface area (Å²) in [7, 11) is 0. The Bertz CT molecular complexity index is 1210. The normalized spacial score (nSPS) is 14.8. The zero-order valence-corrected chi connectivity index (χ0v) is 19.3. The van der Waals surface area contributed by atoms with Crippen LogP contribution < -0.4 is 11.6 Å². The van der Waals surface area contributed by atoms with Gasteiger partial charge in [0.25, 0.3) is 0 Å². The van der Waals surface area contributed by atoms with Crippen LogP contribution in [0.5, 0.6) is 0 Å². The number of aryl methyl sites for hydroxylation is 2. The maximum absolute atomic E-state index is 11.1. The van der Waals surface area contributed by atoms with Crippen molar-refractivity contribution >= 4 is 40.6 Å². The van der Waals surface area contributed by atoms with Crippen LogP contribution in [-0.2, 0) is 12.8 Å². The Kier molecular flexibility index (Phi) is 10.4. The molecule has 0 saturated heterocycles. The van der Waals surface area contributed by atoms with Gasteiger partial charge in [0.15, 0.2) is 5.78 Å². The van der Waals surface area contributed by atoms with Crippen LogP contribution in [0, 0.1) is 0 Å².